The van der Waals surface area contributed by atoms with E-state index in [1.54, 1.807) is 16.0 Å². The molecule has 0 atom stereocenters. The maximum Gasteiger partial charge on any atom is 0.109 e. The fourth-order valence-corrected chi connectivity index (χ4v) is 2.11. The summed E-state index contributed by atoms with van der Waals surface area (Å²) in [7, 11) is 0. The molecule has 17 heavy (non-hydrogen) atoms. The first-order chi connectivity index (χ1) is 7.88. The van der Waals surface area contributed by atoms with Crippen LogP contribution < -0.4 is 5.32 Å². The molecule has 0 aliphatic carbocycles. The highest BCUT2D eigenvalue weighted by Crippen LogP contribution is 2.07. The topological polar surface area (TPSA) is 29.9 Å². The average Bonchev–Trinajstić information content (AvgIpc) is 2.90. The fourth-order valence-electron chi connectivity index (χ4n) is 1.44. The molecule has 0 amide bonds. The van der Waals surface area contributed by atoms with Gasteiger partial charge < -0.3 is 5.32 Å². The number of thiophene rings is 1. The van der Waals surface area contributed by atoms with Gasteiger partial charge in [0.25, 0.3) is 0 Å². The van der Waals surface area contributed by atoms with Crippen molar-refractivity contribution in [1.29, 1.82) is 0 Å². The number of hydrogen-bond acceptors (Lipinski definition) is 3. The molecule has 2 rings (SSSR count). The summed E-state index contributed by atoms with van der Waals surface area (Å²) in [5.41, 5.74) is 0.949. The molecular weight excluding hydrogens is 261 g/mol. The summed E-state index contributed by atoms with van der Waals surface area (Å²) in [5, 5.41) is 9.60. The number of nitrogens with one attached hydrogen (secondary N) is 1. The Bertz CT molecular complexity index is 416. The summed E-state index contributed by atoms with van der Waals surface area (Å²) in [6.45, 7) is 1.54. The molecule has 0 radical (unpaired) electrons. The van der Waals surface area contributed by atoms with Crippen LogP contribution in [0.25, 0.3) is 0 Å². The van der Waals surface area contributed by atoms with Crippen molar-refractivity contribution in [3.8, 4) is 0 Å². The van der Waals surface area contributed by atoms with Crippen LogP contribution in [0.1, 0.15) is 10.6 Å². The number of nitrogens with zero attached hydrogens (tertiary/aromatic N) is 2. The summed E-state index contributed by atoms with van der Waals surface area (Å²) in [6, 6.07) is 6.05. The Hall–Kier alpha value is -0.910. The van der Waals surface area contributed by atoms with E-state index in [2.05, 4.69) is 21.9 Å². The average molecular weight is 276 g/mol. The Labute approximate surface area is 110 Å². The van der Waals surface area contributed by atoms with Gasteiger partial charge in [0.2, 0.25) is 0 Å². The minimum atomic E-state index is -0.371. The van der Waals surface area contributed by atoms with Crippen molar-refractivity contribution in [3.05, 3.63) is 40.3 Å². The molecular formula is C11H15ClFN3S. The van der Waals surface area contributed by atoms with Gasteiger partial charge in [0.15, 0.2) is 0 Å². The van der Waals surface area contributed by atoms with E-state index < -0.39 is 0 Å². The van der Waals surface area contributed by atoms with E-state index in [1.165, 1.54) is 4.88 Å². The van der Waals surface area contributed by atoms with E-state index in [1.807, 2.05) is 18.3 Å². The van der Waals surface area contributed by atoms with Gasteiger partial charge in [0.1, 0.15) is 6.67 Å². The van der Waals surface area contributed by atoms with Gasteiger partial charge in [-0.1, -0.05) is 6.07 Å². The van der Waals surface area contributed by atoms with Gasteiger partial charge in [-0.3, -0.25) is 4.68 Å². The molecule has 6 heteroatoms. The Morgan fingerprint density at radius 3 is 2.94 bits per heavy atom. The lowest BCUT2D eigenvalue weighted by molar-refractivity contribution is 0.425. The Morgan fingerprint density at radius 1 is 1.35 bits per heavy atom. The van der Waals surface area contributed by atoms with Crippen molar-refractivity contribution in [3.63, 3.8) is 0 Å². The molecule has 94 valence electrons. The van der Waals surface area contributed by atoms with Crippen molar-refractivity contribution in [1.82, 2.24) is 15.1 Å². The minimum absolute atomic E-state index is 0. The quantitative estimate of drug-likeness (QED) is 0.878. The Balaban J connectivity index is 0.00000144. The van der Waals surface area contributed by atoms with Gasteiger partial charge in [-0.25, -0.2) is 4.39 Å². The first kappa shape index (κ1) is 14.2. The Morgan fingerprint density at radius 2 is 2.24 bits per heavy atom. The molecule has 2 aromatic rings. The Kier molecular flexibility index (Phi) is 6.18. The predicted molar refractivity (Wildman–Crippen MR) is 70.3 cm³/mol. The normalized spacial score (nSPS) is 10.2. The van der Waals surface area contributed by atoms with Crippen LogP contribution in [0.4, 0.5) is 4.39 Å². The highest BCUT2D eigenvalue weighted by Gasteiger charge is 1.99. The zero-order valence-corrected chi connectivity index (χ0v) is 10.9. The van der Waals surface area contributed by atoms with E-state index >= 15 is 0 Å². The first-order valence-corrected chi connectivity index (χ1v) is 6.08. The van der Waals surface area contributed by atoms with Crippen LogP contribution in [0, 0.1) is 0 Å². The monoisotopic (exact) mass is 275 g/mol. The third-order valence-electron chi connectivity index (χ3n) is 2.19. The molecule has 0 fully saturated rings. The van der Waals surface area contributed by atoms with Gasteiger partial charge in [-0.15, -0.1) is 23.7 Å². The lowest BCUT2D eigenvalue weighted by Crippen LogP contribution is -2.12. The molecule has 2 heterocycles. The van der Waals surface area contributed by atoms with Gasteiger partial charge in [0, 0.05) is 24.2 Å². The lowest BCUT2D eigenvalue weighted by atomic mass is 10.4. The minimum Gasteiger partial charge on any atom is -0.306 e. The zero-order chi connectivity index (χ0) is 11.2. The highest BCUT2D eigenvalue weighted by atomic mass is 35.5. The van der Waals surface area contributed by atoms with Crippen LogP contribution in [0.5, 0.6) is 0 Å². The number of alkyl halides is 1. The van der Waals surface area contributed by atoms with Gasteiger partial charge in [-0.2, -0.15) is 5.10 Å². The number of halogens is 2. The summed E-state index contributed by atoms with van der Waals surface area (Å²) in [4.78, 5) is 1.31. The fraction of sp³-hybridized carbons (Fsp3) is 0.364. The predicted octanol–water partition coefficient (Wildman–Crippen LogP) is 2.63. The third kappa shape index (κ3) is 4.46. The zero-order valence-electron chi connectivity index (χ0n) is 9.30. The third-order valence-corrected chi connectivity index (χ3v) is 3.07. The van der Waals surface area contributed by atoms with Crippen LogP contribution in [0.2, 0.25) is 0 Å². The maximum absolute atomic E-state index is 12.1. The van der Waals surface area contributed by atoms with Gasteiger partial charge >= 0.3 is 0 Å². The van der Waals surface area contributed by atoms with Gasteiger partial charge in [-0.05, 0) is 17.5 Å². The number of aryl methyl sites for hydroxylation is 1. The summed E-state index contributed by atoms with van der Waals surface area (Å²) < 4.78 is 13.7. The van der Waals surface area contributed by atoms with Crippen LogP contribution in [-0.4, -0.2) is 16.5 Å². The number of aromatic nitrogens is 2. The highest BCUT2D eigenvalue weighted by molar-refractivity contribution is 7.09. The molecule has 0 spiro atoms. The van der Waals surface area contributed by atoms with Gasteiger partial charge in [0.05, 0.1) is 12.2 Å². The van der Waals surface area contributed by atoms with Crippen molar-refractivity contribution in [2.24, 2.45) is 0 Å². The van der Waals surface area contributed by atoms with Crippen molar-refractivity contribution in [2.75, 3.05) is 6.67 Å². The molecule has 0 aliphatic heterocycles. The van der Waals surface area contributed by atoms with E-state index in [9.17, 15) is 4.39 Å². The molecule has 1 N–H and O–H groups in total. The molecule has 0 saturated heterocycles. The molecule has 3 nitrogen and oxygen atoms in total. The molecule has 0 unspecified atom stereocenters. The largest absolute Gasteiger partial charge is 0.306 e. The molecule has 0 aromatic carbocycles. The smallest absolute Gasteiger partial charge is 0.109 e. The van der Waals surface area contributed by atoms with E-state index in [4.69, 9.17) is 0 Å². The van der Waals surface area contributed by atoms with Crippen molar-refractivity contribution < 1.29 is 4.39 Å². The van der Waals surface area contributed by atoms with Crippen LogP contribution >= 0.6 is 23.7 Å². The van der Waals surface area contributed by atoms with E-state index in [0.717, 1.165) is 18.8 Å². The van der Waals surface area contributed by atoms with Crippen molar-refractivity contribution in [2.45, 2.75) is 19.6 Å². The maximum atomic E-state index is 12.1. The summed E-state index contributed by atoms with van der Waals surface area (Å²) >= 11 is 1.73. The lowest BCUT2D eigenvalue weighted by Gasteiger charge is -2.00. The number of rotatable bonds is 6. The van der Waals surface area contributed by atoms with E-state index in [0.29, 0.717) is 6.54 Å². The second kappa shape index (κ2) is 7.42. The van der Waals surface area contributed by atoms with Crippen LogP contribution in [0.3, 0.4) is 0 Å². The molecule has 0 saturated carbocycles. The van der Waals surface area contributed by atoms with E-state index in [-0.39, 0.29) is 19.1 Å². The van der Waals surface area contributed by atoms with Crippen molar-refractivity contribution >= 4 is 23.7 Å². The standard InChI is InChI=1S/C11H14FN3S.ClH/c12-4-6-15-5-3-10(14-15)8-13-9-11-2-1-7-16-11;/h1-3,5,7,13H,4,6,8-9H2;1H. The summed E-state index contributed by atoms with van der Waals surface area (Å²) in [6.07, 6.45) is 1.81. The molecule has 2 aromatic heterocycles. The summed E-state index contributed by atoms with van der Waals surface area (Å²) in [5.74, 6) is 0. The van der Waals surface area contributed by atoms with Crippen LogP contribution in [-0.2, 0) is 19.6 Å². The molecule has 0 aliphatic rings. The van der Waals surface area contributed by atoms with Crippen LogP contribution in [0.15, 0.2) is 29.8 Å². The number of hydrogen-bond donors (Lipinski definition) is 1. The molecule has 0 bridgehead atoms. The second-order valence-electron chi connectivity index (χ2n) is 3.44. The SMILES string of the molecule is Cl.FCCn1ccc(CNCc2cccs2)n1. The second-order valence-corrected chi connectivity index (χ2v) is 4.47. The first-order valence-electron chi connectivity index (χ1n) is 5.20.